The lowest BCUT2D eigenvalue weighted by Gasteiger charge is -2.33. The molecule has 0 unspecified atom stereocenters. The predicted molar refractivity (Wildman–Crippen MR) is 67.4 cm³/mol. The van der Waals surface area contributed by atoms with Crippen molar-refractivity contribution in [3.63, 3.8) is 0 Å². The lowest BCUT2D eigenvalue weighted by Crippen LogP contribution is -2.49. The molecule has 8 heteroatoms. The lowest BCUT2D eigenvalue weighted by atomic mass is 10.3. The smallest absolute Gasteiger partial charge is 0.243 e. The fourth-order valence-corrected chi connectivity index (χ4v) is 3.54. The van der Waals surface area contributed by atoms with Crippen molar-refractivity contribution >= 4 is 15.9 Å². The molecule has 1 saturated heterocycles. The van der Waals surface area contributed by atoms with Gasteiger partial charge < -0.3 is 4.90 Å². The number of hydrogen-bond acceptors (Lipinski definition) is 3. The average molecular weight is 304 g/mol. The molecule has 0 spiro atoms. The van der Waals surface area contributed by atoms with Crippen molar-refractivity contribution in [2.24, 2.45) is 0 Å². The minimum absolute atomic E-state index is 0.111. The van der Waals surface area contributed by atoms with Crippen molar-refractivity contribution in [2.45, 2.75) is 11.8 Å². The Balaban J connectivity index is 2.21. The second-order valence-corrected chi connectivity index (χ2v) is 6.45. The molecular weight excluding hydrogens is 290 g/mol. The molecule has 0 N–H and O–H groups in total. The van der Waals surface area contributed by atoms with E-state index >= 15 is 0 Å². The summed E-state index contributed by atoms with van der Waals surface area (Å²) >= 11 is 0. The van der Waals surface area contributed by atoms with Crippen molar-refractivity contribution in [1.82, 2.24) is 9.21 Å². The number of halogens is 2. The molecule has 110 valence electrons. The SMILES string of the molecule is CC(=O)N1CCN(S(=O)(=O)c2cc(F)cc(F)c2)CC1. The average Bonchev–Trinajstić information content (AvgIpc) is 2.37. The quantitative estimate of drug-likeness (QED) is 0.813. The van der Waals surface area contributed by atoms with Gasteiger partial charge in [-0.3, -0.25) is 4.79 Å². The monoisotopic (exact) mass is 304 g/mol. The highest BCUT2D eigenvalue weighted by Crippen LogP contribution is 2.19. The van der Waals surface area contributed by atoms with Gasteiger partial charge in [-0.15, -0.1) is 0 Å². The van der Waals surface area contributed by atoms with E-state index in [0.29, 0.717) is 6.07 Å². The summed E-state index contributed by atoms with van der Waals surface area (Å²) in [6.45, 7) is 2.17. The summed E-state index contributed by atoms with van der Waals surface area (Å²) in [6.07, 6.45) is 0. The molecule has 0 saturated carbocycles. The Morgan fingerprint density at radius 2 is 1.55 bits per heavy atom. The Bertz CT molecular complexity index is 605. The summed E-state index contributed by atoms with van der Waals surface area (Å²) in [5, 5.41) is 0. The molecule has 0 bridgehead atoms. The molecule has 1 fully saturated rings. The number of carbonyl (C=O) groups excluding carboxylic acids is 1. The molecule has 20 heavy (non-hydrogen) atoms. The number of piperazine rings is 1. The van der Waals surface area contributed by atoms with Gasteiger partial charge in [0.05, 0.1) is 4.90 Å². The number of nitrogens with zero attached hydrogens (tertiary/aromatic N) is 2. The van der Waals surface area contributed by atoms with Crippen LogP contribution in [0.5, 0.6) is 0 Å². The molecule has 0 aromatic heterocycles. The Labute approximate surface area is 115 Å². The second kappa shape index (κ2) is 5.45. The van der Waals surface area contributed by atoms with Crippen LogP contribution in [0.3, 0.4) is 0 Å². The molecule has 0 radical (unpaired) electrons. The van der Waals surface area contributed by atoms with E-state index in [4.69, 9.17) is 0 Å². The van der Waals surface area contributed by atoms with Crippen molar-refractivity contribution in [1.29, 1.82) is 0 Å². The first kappa shape index (κ1) is 14.9. The first-order valence-corrected chi connectivity index (χ1v) is 7.46. The Kier molecular flexibility index (Phi) is 4.05. The fraction of sp³-hybridized carbons (Fsp3) is 0.417. The molecule has 0 aliphatic carbocycles. The molecule has 1 aliphatic heterocycles. The van der Waals surface area contributed by atoms with Gasteiger partial charge in [0.2, 0.25) is 15.9 Å². The van der Waals surface area contributed by atoms with Crippen LogP contribution in [0.15, 0.2) is 23.1 Å². The number of amides is 1. The van der Waals surface area contributed by atoms with Crippen LogP contribution >= 0.6 is 0 Å². The summed E-state index contributed by atoms with van der Waals surface area (Å²) in [4.78, 5) is 12.3. The van der Waals surface area contributed by atoms with Gasteiger partial charge in [-0.05, 0) is 12.1 Å². The van der Waals surface area contributed by atoms with Crippen LogP contribution in [-0.2, 0) is 14.8 Å². The van der Waals surface area contributed by atoms with E-state index in [1.807, 2.05) is 0 Å². The topological polar surface area (TPSA) is 57.7 Å². The van der Waals surface area contributed by atoms with Gasteiger partial charge in [-0.1, -0.05) is 0 Å². The van der Waals surface area contributed by atoms with Crippen LogP contribution in [0.4, 0.5) is 8.78 Å². The molecule has 1 amide bonds. The lowest BCUT2D eigenvalue weighted by molar-refractivity contribution is -0.129. The highest BCUT2D eigenvalue weighted by Gasteiger charge is 2.29. The van der Waals surface area contributed by atoms with Crippen LogP contribution in [0, 0.1) is 11.6 Å². The maximum absolute atomic E-state index is 13.1. The zero-order chi connectivity index (χ0) is 14.9. The molecule has 5 nitrogen and oxygen atoms in total. The summed E-state index contributed by atoms with van der Waals surface area (Å²) < 4.78 is 51.9. The number of sulfonamides is 1. The van der Waals surface area contributed by atoms with Crippen LogP contribution in [0.2, 0.25) is 0 Å². The zero-order valence-corrected chi connectivity index (χ0v) is 11.7. The van der Waals surface area contributed by atoms with E-state index in [-0.39, 0.29) is 32.1 Å². The molecule has 1 aromatic carbocycles. The Morgan fingerprint density at radius 3 is 2.00 bits per heavy atom. The van der Waals surface area contributed by atoms with Crippen molar-refractivity contribution in [3.8, 4) is 0 Å². The van der Waals surface area contributed by atoms with E-state index < -0.39 is 26.6 Å². The third kappa shape index (κ3) is 2.96. The van der Waals surface area contributed by atoms with Crippen LogP contribution in [0.1, 0.15) is 6.92 Å². The first-order chi connectivity index (χ1) is 9.30. The Morgan fingerprint density at radius 1 is 1.05 bits per heavy atom. The molecule has 1 heterocycles. The third-order valence-corrected chi connectivity index (χ3v) is 5.03. The minimum atomic E-state index is -3.94. The number of carbonyl (C=O) groups is 1. The molecular formula is C12H14F2N2O3S. The molecule has 2 rings (SSSR count). The fourth-order valence-electron chi connectivity index (χ4n) is 2.07. The van der Waals surface area contributed by atoms with Crippen molar-refractivity contribution in [3.05, 3.63) is 29.8 Å². The van der Waals surface area contributed by atoms with Crippen LogP contribution in [-0.4, -0.2) is 49.7 Å². The third-order valence-electron chi connectivity index (χ3n) is 3.16. The summed E-state index contributed by atoms with van der Waals surface area (Å²) in [6, 6.07) is 2.19. The normalized spacial score (nSPS) is 17.2. The van der Waals surface area contributed by atoms with E-state index in [0.717, 1.165) is 16.4 Å². The van der Waals surface area contributed by atoms with Gasteiger partial charge >= 0.3 is 0 Å². The summed E-state index contributed by atoms with van der Waals surface area (Å²) in [5.41, 5.74) is 0. The number of rotatable bonds is 2. The largest absolute Gasteiger partial charge is 0.340 e. The summed E-state index contributed by atoms with van der Waals surface area (Å²) in [5.74, 6) is -2.00. The van der Waals surface area contributed by atoms with Crippen LogP contribution < -0.4 is 0 Å². The highest BCUT2D eigenvalue weighted by atomic mass is 32.2. The van der Waals surface area contributed by atoms with Gasteiger partial charge in [0, 0.05) is 39.2 Å². The zero-order valence-electron chi connectivity index (χ0n) is 10.8. The molecule has 0 atom stereocenters. The van der Waals surface area contributed by atoms with Gasteiger partial charge in [0.1, 0.15) is 11.6 Å². The van der Waals surface area contributed by atoms with Gasteiger partial charge in [-0.2, -0.15) is 4.31 Å². The van der Waals surface area contributed by atoms with Crippen molar-refractivity contribution in [2.75, 3.05) is 26.2 Å². The second-order valence-electron chi connectivity index (χ2n) is 4.52. The van der Waals surface area contributed by atoms with Gasteiger partial charge in [0.15, 0.2) is 0 Å². The minimum Gasteiger partial charge on any atom is -0.340 e. The Hall–Kier alpha value is -1.54. The van der Waals surface area contributed by atoms with E-state index in [2.05, 4.69) is 0 Å². The van der Waals surface area contributed by atoms with Crippen molar-refractivity contribution < 1.29 is 22.0 Å². The van der Waals surface area contributed by atoms with Gasteiger partial charge in [0.25, 0.3) is 0 Å². The highest BCUT2D eigenvalue weighted by molar-refractivity contribution is 7.89. The first-order valence-electron chi connectivity index (χ1n) is 6.02. The van der Waals surface area contributed by atoms with E-state index in [1.54, 1.807) is 0 Å². The maximum Gasteiger partial charge on any atom is 0.243 e. The van der Waals surface area contributed by atoms with E-state index in [1.165, 1.54) is 11.8 Å². The summed E-state index contributed by atoms with van der Waals surface area (Å²) in [7, 11) is -3.94. The molecule has 1 aromatic rings. The molecule has 1 aliphatic rings. The van der Waals surface area contributed by atoms with E-state index in [9.17, 15) is 22.0 Å². The predicted octanol–water partition coefficient (Wildman–Crippen LogP) is 0.818. The number of hydrogen-bond donors (Lipinski definition) is 0. The standard InChI is InChI=1S/C12H14F2N2O3S/c1-9(17)15-2-4-16(5-3-15)20(18,19)12-7-10(13)6-11(14)8-12/h6-8H,2-5H2,1H3. The number of benzene rings is 1. The van der Waals surface area contributed by atoms with Gasteiger partial charge in [-0.25, -0.2) is 17.2 Å². The maximum atomic E-state index is 13.1. The van der Waals surface area contributed by atoms with Crippen LogP contribution in [0.25, 0.3) is 0 Å².